The van der Waals surface area contributed by atoms with Crippen molar-refractivity contribution in [1.29, 1.82) is 0 Å². The normalized spacial score (nSPS) is 10.3. The summed E-state index contributed by atoms with van der Waals surface area (Å²) in [5.74, 6) is 0.477. The van der Waals surface area contributed by atoms with Crippen LogP contribution in [0.1, 0.15) is 24.1 Å². The zero-order chi connectivity index (χ0) is 16.1. The maximum absolute atomic E-state index is 11.6. The Kier molecular flexibility index (Phi) is 4.94. The van der Waals surface area contributed by atoms with E-state index in [0.29, 0.717) is 12.0 Å². The number of esters is 1. The number of aromatic nitrogens is 2. The first-order chi connectivity index (χ1) is 10.5. The summed E-state index contributed by atoms with van der Waals surface area (Å²) in [5.41, 5.74) is 3.07. The number of rotatable bonds is 6. The third kappa shape index (κ3) is 3.34. The summed E-state index contributed by atoms with van der Waals surface area (Å²) in [6.45, 7) is 11.1. The monoisotopic (exact) mass is 296 g/mol. The van der Waals surface area contributed by atoms with E-state index in [0.717, 1.165) is 22.9 Å². The van der Waals surface area contributed by atoms with Gasteiger partial charge < -0.3 is 4.74 Å². The first-order valence-electron chi connectivity index (χ1n) is 7.10. The van der Waals surface area contributed by atoms with Crippen molar-refractivity contribution in [2.45, 2.75) is 26.9 Å². The molecule has 4 nitrogen and oxygen atoms in total. The Labute approximate surface area is 130 Å². The predicted octanol–water partition coefficient (Wildman–Crippen LogP) is 3.53. The number of imidazole rings is 1. The van der Waals surface area contributed by atoms with Crippen LogP contribution in [0, 0.1) is 6.92 Å². The summed E-state index contributed by atoms with van der Waals surface area (Å²) in [5, 5.41) is 0. The highest BCUT2D eigenvalue weighted by atomic mass is 16.5. The van der Waals surface area contributed by atoms with Gasteiger partial charge in [0.2, 0.25) is 0 Å². The molecule has 0 saturated heterocycles. The second-order valence-electron chi connectivity index (χ2n) is 5.08. The Morgan fingerprint density at radius 2 is 2.05 bits per heavy atom. The molecule has 0 fully saturated rings. The topological polar surface area (TPSA) is 44.1 Å². The maximum atomic E-state index is 11.6. The van der Waals surface area contributed by atoms with E-state index >= 15 is 0 Å². The zero-order valence-corrected chi connectivity index (χ0v) is 13.0. The lowest BCUT2D eigenvalue weighted by Crippen LogP contribution is -2.10. The number of para-hydroxylation sites is 1. The van der Waals surface area contributed by atoms with Gasteiger partial charge in [-0.25, -0.2) is 9.78 Å². The zero-order valence-electron chi connectivity index (χ0n) is 13.0. The van der Waals surface area contributed by atoms with E-state index in [2.05, 4.69) is 18.1 Å². The number of aryl methyl sites for hydroxylation is 1. The molecule has 0 unspecified atom stereocenters. The molecule has 2 aromatic rings. The van der Waals surface area contributed by atoms with Crippen molar-refractivity contribution >= 4 is 5.97 Å². The molecule has 0 saturated carbocycles. The van der Waals surface area contributed by atoms with Crippen LogP contribution in [0.3, 0.4) is 0 Å². The molecular formula is C18H20N2O2. The number of hydrogen-bond acceptors (Lipinski definition) is 3. The van der Waals surface area contributed by atoms with Crippen molar-refractivity contribution < 1.29 is 9.53 Å². The molecule has 0 N–H and O–H groups in total. The highest BCUT2D eigenvalue weighted by molar-refractivity contribution is 5.86. The van der Waals surface area contributed by atoms with Crippen LogP contribution >= 0.6 is 0 Å². The van der Waals surface area contributed by atoms with Gasteiger partial charge in [-0.2, -0.15) is 0 Å². The van der Waals surface area contributed by atoms with Gasteiger partial charge in [0.15, 0.2) is 0 Å². The predicted molar refractivity (Wildman–Crippen MR) is 86.8 cm³/mol. The fourth-order valence-corrected chi connectivity index (χ4v) is 2.20. The summed E-state index contributed by atoms with van der Waals surface area (Å²) in [6, 6.07) is 9.88. The largest absolute Gasteiger partial charge is 0.456 e. The second-order valence-corrected chi connectivity index (χ2v) is 5.08. The number of allylic oxidation sites excluding steroid dienone is 1. The van der Waals surface area contributed by atoms with Crippen molar-refractivity contribution in [3.63, 3.8) is 0 Å². The molecule has 4 heteroatoms. The molecule has 0 aliphatic rings. The van der Waals surface area contributed by atoms with Crippen molar-refractivity contribution in [2.75, 3.05) is 0 Å². The molecule has 0 radical (unpaired) electrons. The van der Waals surface area contributed by atoms with Crippen LogP contribution in [-0.2, 0) is 22.6 Å². The van der Waals surface area contributed by atoms with Crippen molar-refractivity contribution in [3.8, 4) is 5.69 Å². The van der Waals surface area contributed by atoms with Crippen LogP contribution in [0.15, 0.2) is 55.1 Å². The molecule has 2 rings (SSSR count). The van der Waals surface area contributed by atoms with Crippen molar-refractivity contribution in [1.82, 2.24) is 9.55 Å². The van der Waals surface area contributed by atoms with E-state index in [1.807, 2.05) is 47.9 Å². The van der Waals surface area contributed by atoms with E-state index < -0.39 is 5.97 Å². The Morgan fingerprint density at radius 1 is 1.36 bits per heavy atom. The average Bonchev–Trinajstić information content (AvgIpc) is 2.81. The van der Waals surface area contributed by atoms with E-state index in [9.17, 15) is 4.79 Å². The Morgan fingerprint density at radius 3 is 2.64 bits per heavy atom. The smallest absolute Gasteiger partial charge is 0.333 e. The fraction of sp³-hybridized carbons (Fsp3) is 0.222. The summed E-state index contributed by atoms with van der Waals surface area (Å²) in [4.78, 5) is 16.2. The molecule has 1 heterocycles. The number of benzene rings is 1. The van der Waals surface area contributed by atoms with Crippen LogP contribution in [0.4, 0.5) is 0 Å². The lowest BCUT2D eigenvalue weighted by molar-refractivity contribution is -0.140. The van der Waals surface area contributed by atoms with E-state index in [-0.39, 0.29) is 6.61 Å². The molecule has 0 atom stereocenters. The Bertz CT molecular complexity index is 699. The van der Waals surface area contributed by atoms with Crippen LogP contribution in [0.25, 0.3) is 5.69 Å². The summed E-state index contributed by atoms with van der Waals surface area (Å²) in [6.07, 6.45) is 2.45. The molecule has 1 aromatic carbocycles. The van der Waals surface area contributed by atoms with Gasteiger partial charge in [-0.05, 0) is 26.0 Å². The van der Waals surface area contributed by atoms with Crippen LogP contribution in [-0.4, -0.2) is 15.5 Å². The summed E-state index contributed by atoms with van der Waals surface area (Å²) >= 11 is 0. The van der Waals surface area contributed by atoms with Crippen LogP contribution < -0.4 is 0 Å². The molecule has 0 spiro atoms. The number of hydrogen-bond donors (Lipinski definition) is 0. The number of nitrogens with zero attached hydrogens (tertiary/aromatic N) is 2. The first kappa shape index (κ1) is 15.8. The van der Waals surface area contributed by atoms with Gasteiger partial charge in [0.25, 0.3) is 0 Å². The molecule has 114 valence electrons. The molecule has 22 heavy (non-hydrogen) atoms. The number of carbonyl (C=O) groups is 1. The Balaban J connectivity index is 2.42. The van der Waals surface area contributed by atoms with Gasteiger partial charge in [0.1, 0.15) is 12.4 Å². The molecular weight excluding hydrogens is 276 g/mol. The van der Waals surface area contributed by atoms with Crippen molar-refractivity contribution in [3.05, 3.63) is 72.4 Å². The third-order valence-corrected chi connectivity index (χ3v) is 3.27. The lowest BCUT2D eigenvalue weighted by Gasteiger charge is -2.12. The van der Waals surface area contributed by atoms with E-state index in [1.165, 1.54) is 0 Å². The molecule has 0 aliphatic heterocycles. The molecule has 0 aliphatic carbocycles. The highest BCUT2D eigenvalue weighted by Gasteiger charge is 2.16. The van der Waals surface area contributed by atoms with Gasteiger partial charge in [0.05, 0.1) is 11.4 Å². The van der Waals surface area contributed by atoms with Gasteiger partial charge in [-0.3, -0.25) is 4.57 Å². The second kappa shape index (κ2) is 6.89. The van der Waals surface area contributed by atoms with E-state index in [1.54, 1.807) is 6.92 Å². The SMILES string of the molecule is C=CCc1nc(C)c(COC(=O)C(=C)C)n1-c1ccccc1. The fourth-order valence-electron chi connectivity index (χ4n) is 2.20. The van der Waals surface area contributed by atoms with Gasteiger partial charge in [-0.1, -0.05) is 30.9 Å². The maximum Gasteiger partial charge on any atom is 0.333 e. The third-order valence-electron chi connectivity index (χ3n) is 3.27. The first-order valence-corrected chi connectivity index (χ1v) is 7.10. The molecule has 0 bridgehead atoms. The minimum absolute atomic E-state index is 0.163. The minimum atomic E-state index is -0.398. The average molecular weight is 296 g/mol. The van der Waals surface area contributed by atoms with Gasteiger partial charge in [0, 0.05) is 17.7 Å². The van der Waals surface area contributed by atoms with Gasteiger partial charge >= 0.3 is 5.97 Å². The van der Waals surface area contributed by atoms with Gasteiger partial charge in [-0.15, -0.1) is 6.58 Å². The lowest BCUT2D eigenvalue weighted by atomic mass is 10.2. The Hall–Kier alpha value is -2.62. The number of ether oxygens (including phenoxy) is 1. The van der Waals surface area contributed by atoms with Crippen LogP contribution in [0.5, 0.6) is 0 Å². The highest BCUT2D eigenvalue weighted by Crippen LogP contribution is 2.20. The summed E-state index contributed by atoms with van der Waals surface area (Å²) in [7, 11) is 0. The standard InChI is InChI=1S/C18H20N2O2/c1-5-9-17-19-14(4)16(12-22-18(21)13(2)3)20(17)15-10-7-6-8-11-15/h5-8,10-11H,1-2,9,12H2,3-4H3. The van der Waals surface area contributed by atoms with Crippen molar-refractivity contribution in [2.24, 2.45) is 0 Å². The summed E-state index contributed by atoms with van der Waals surface area (Å²) < 4.78 is 7.32. The van der Waals surface area contributed by atoms with E-state index in [4.69, 9.17) is 4.74 Å². The molecule has 0 amide bonds. The van der Waals surface area contributed by atoms with Crippen LogP contribution in [0.2, 0.25) is 0 Å². The quantitative estimate of drug-likeness (QED) is 0.465. The molecule has 1 aromatic heterocycles. The number of carbonyl (C=O) groups excluding carboxylic acids is 1. The minimum Gasteiger partial charge on any atom is -0.456 e.